The number of hydrogen-bond acceptors (Lipinski definition) is 3. The number of aliphatic hydroxyl groups is 1. The smallest absolute Gasteiger partial charge is 0.103 e. The molecule has 46 valence electrons. The molecule has 0 radical (unpaired) electrons. The highest BCUT2D eigenvalue weighted by molar-refractivity contribution is 8.01. The molecule has 0 amide bonds. The standard InChI is InChI=1S/C5H9NOS/c7-4-5-3-6(5)1-2-8-5/h7H,1-4H2. The Morgan fingerprint density at radius 1 is 1.75 bits per heavy atom. The van der Waals surface area contributed by atoms with Crippen molar-refractivity contribution in [2.24, 2.45) is 0 Å². The van der Waals surface area contributed by atoms with E-state index >= 15 is 0 Å². The third kappa shape index (κ3) is 0.469. The fourth-order valence-electron chi connectivity index (χ4n) is 1.22. The maximum Gasteiger partial charge on any atom is 0.103 e. The molecule has 0 spiro atoms. The lowest BCUT2D eigenvalue weighted by Crippen LogP contribution is -2.12. The van der Waals surface area contributed by atoms with E-state index in [-0.39, 0.29) is 4.87 Å². The molecule has 0 saturated carbocycles. The zero-order valence-corrected chi connectivity index (χ0v) is 5.45. The van der Waals surface area contributed by atoms with Crippen molar-refractivity contribution in [3.05, 3.63) is 0 Å². The van der Waals surface area contributed by atoms with E-state index in [4.69, 9.17) is 5.11 Å². The van der Waals surface area contributed by atoms with E-state index in [9.17, 15) is 0 Å². The summed E-state index contributed by atoms with van der Waals surface area (Å²) in [7, 11) is 0. The van der Waals surface area contributed by atoms with E-state index in [2.05, 4.69) is 4.90 Å². The van der Waals surface area contributed by atoms with Gasteiger partial charge in [0.15, 0.2) is 0 Å². The first-order chi connectivity index (χ1) is 3.87. The molecule has 0 aliphatic carbocycles. The van der Waals surface area contributed by atoms with Crippen LogP contribution in [0.15, 0.2) is 0 Å². The summed E-state index contributed by atoms with van der Waals surface area (Å²) in [5.41, 5.74) is 0. The third-order valence-electron chi connectivity index (χ3n) is 1.89. The molecule has 2 unspecified atom stereocenters. The topological polar surface area (TPSA) is 23.2 Å². The predicted octanol–water partition coefficient (Wildman–Crippen LogP) is -0.263. The normalized spacial score (nSPS) is 51.4. The molecule has 2 aliphatic heterocycles. The van der Waals surface area contributed by atoms with Crippen LogP contribution in [0.3, 0.4) is 0 Å². The van der Waals surface area contributed by atoms with Gasteiger partial charge in [-0.05, 0) is 0 Å². The number of thioether (sulfide) groups is 1. The van der Waals surface area contributed by atoms with Gasteiger partial charge >= 0.3 is 0 Å². The molecule has 0 aromatic heterocycles. The van der Waals surface area contributed by atoms with Crippen LogP contribution in [-0.4, -0.2) is 40.3 Å². The molecule has 3 heteroatoms. The summed E-state index contributed by atoms with van der Waals surface area (Å²) in [6, 6.07) is 0. The first-order valence-corrected chi connectivity index (χ1v) is 3.86. The Bertz CT molecular complexity index is 115. The molecular weight excluding hydrogens is 122 g/mol. The molecule has 2 rings (SSSR count). The van der Waals surface area contributed by atoms with Crippen molar-refractivity contribution >= 4 is 11.8 Å². The van der Waals surface area contributed by atoms with Crippen LogP contribution in [-0.2, 0) is 0 Å². The van der Waals surface area contributed by atoms with Crippen LogP contribution in [0.2, 0.25) is 0 Å². The highest BCUT2D eigenvalue weighted by atomic mass is 32.2. The number of hydrogen-bond donors (Lipinski definition) is 1. The fourth-order valence-corrected chi connectivity index (χ4v) is 2.53. The summed E-state index contributed by atoms with van der Waals surface area (Å²) in [6.07, 6.45) is 0. The van der Waals surface area contributed by atoms with Gasteiger partial charge in [-0.25, -0.2) is 0 Å². The first-order valence-electron chi connectivity index (χ1n) is 2.87. The maximum atomic E-state index is 8.80. The van der Waals surface area contributed by atoms with Gasteiger partial charge in [0.1, 0.15) is 4.87 Å². The third-order valence-corrected chi connectivity index (χ3v) is 3.33. The summed E-state index contributed by atoms with van der Waals surface area (Å²) < 4.78 is 0. The number of aliphatic hydroxyl groups excluding tert-OH is 1. The van der Waals surface area contributed by atoms with Crippen LogP contribution >= 0.6 is 11.8 Å². The second-order valence-electron chi connectivity index (χ2n) is 2.37. The van der Waals surface area contributed by atoms with Crippen molar-refractivity contribution in [2.75, 3.05) is 25.4 Å². The van der Waals surface area contributed by atoms with Crippen LogP contribution < -0.4 is 0 Å². The molecule has 2 atom stereocenters. The minimum Gasteiger partial charge on any atom is -0.393 e. The zero-order chi connectivity index (χ0) is 5.61. The van der Waals surface area contributed by atoms with E-state index < -0.39 is 0 Å². The summed E-state index contributed by atoms with van der Waals surface area (Å²) >= 11 is 1.89. The van der Waals surface area contributed by atoms with Gasteiger partial charge in [-0.2, -0.15) is 0 Å². The minimum atomic E-state index is 0.208. The summed E-state index contributed by atoms with van der Waals surface area (Å²) in [5, 5.41) is 8.80. The number of rotatable bonds is 1. The molecular formula is C5H9NOS. The second kappa shape index (κ2) is 1.40. The van der Waals surface area contributed by atoms with E-state index in [1.54, 1.807) is 0 Å². The Balaban J connectivity index is 2.08. The molecule has 2 aliphatic rings. The van der Waals surface area contributed by atoms with Gasteiger partial charge in [-0.1, -0.05) is 0 Å². The maximum absolute atomic E-state index is 8.80. The first kappa shape index (κ1) is 5.09. The van der Waals surface area contributed by atoms with Gasteiger partial charge in [0.05, 0.1) is 6.61 Å². The van der Waals surface area contributed by atoms with E-state index in [1.165, 1.54) is 12.3 Å². The van der Waals surface area contributed by atoms with E-state index in [1.807, 2.05) is 11.8 Å². The summed E-state index contributed by atoms with van der Waals surface area (Å²) in [6.45, 7) is 2.65. The fraction of sp³-hybridized carbons (Fsp3) is 1.00. The van der Waals surface area contributed by atoms with Crippen LogP contribution in [0.4, 0.5) is 0 Å². The van der Waals surface area contributed by atoms with Crippen molar-refractivity contribution in [3.63, 3.8) is 0 Å². The van der Waals surface area contributed by atoms with Crippen molar-refractivity contribution in [1.29, 1.82) is 0 Å². The summed E-state index contributed by atoms with van der Waals surface area (Å²) in [4.78, 5) is 2.53. The van der Waals surface area contributed by atoms with Crippen LogP contribution in [0.5, 0.6) is 0 Å². The Morgan fingerprint density at radius 2 is 2.62 bits per heavy atom. The Morgan fingerprint density at radius 3 is 2.88 bits per heavy atom. The molecule has 0 aromatic carbocycles. The van der Waals surface area contributed by atoms with Crippen LogP contribution in [0, 0.1) is 0 Å². The van der Waals surface area contributed by atoms with Crippen LogP contribution in [0.1, 0.15) is 0 Å². The molecule has 0 bridgehead atoms. The van der Waals surface area contributed by atoms with E-state index in [0.29, 0.717) is 6.61 Å². The Labute approximate surface area is 52.9 Å². The van der Waals surface area contributed by atoms with Gasteiger partial charge in [0.2, 0.25) is 0 Å². The largest absolute Gasteiger partial charge is 0.393 e. The lowest BCUT2D eigenvalue weighted by atomic mass is 10.5. The van der Waals surface area contributed by atoms with Crippen molar-refractivity contribution < 1.29 is 5.11 Å². The molecule has 2 fully saturated rings. The van der Waals surface area contributed by atoms with Gasteiger partial charge in [0, 0.05) is 18.8 Å². The Hall–Kier alpha value is 0.270. The predicted molar refractivity (Wildman–Crippen MR) is 33.8 cm³/mol. The monoisotopic (exact) mass is 131 g/mol. The van der Waals surface area contributed by atoms with Gasteiger partial charge in [-0.15, -0.1) is 11.8 Å². The Kier molecular flexibility index (Phi) is 0.892. The zero-order valence-electron chi connectivity index (χ0n) is 4.63. The average molecular weight is 131 g/mol. The van der Waals surface area contributed by atoms with Crippen molar-refractivity contribution in [2.45, 2.75) is 4.87 Å². The minimum absolute atomic E-state index is 0.208. The van der Waals surface area contributed by atoms with Crippen molar-refractivity contribution in [3.8, 4) is 0 Å². The number of nitrogens with zero attached hydrogens (tertiary/aromatic N) is 1. The van der Waals surface area contributed by atoms with Gasteiger partial charge < -0.3 is 5.11 Å². The second-order valence-corrected chi connectivity index (χ2v) is 3.83. The lowest BCUT2D eigenvalue weighted by Gasteiger charge is -2.01. The van der Waals surface area contributed by atoms with Gasteiger partial charge in [-0.3, -0.25) is 4.90 Å². The molecule has 0 aromatic rings. The highest BCUT2D eigenvalue weighted by Crippen LogP contribution is 2.47. The summed E-state index contributed by atoms with van der Waals surface area (Å²) in [5.74, 6) is 1.21. The quantitative estimate of drug-likeness (QED) is 0.496. The SMILES string of the molecule is OCC12CN1CCS2. The number of fused-ring (bicyclic) bond motifs is 1. The van der Waals surface area contributed by atoms with E-state index in [0.717, 1.165) is 6.54 Å². The van der Waals surface area contributed by atoms with Crippen LogP contribution in [0.25, 0.3) is 0 Å². The molecule has 2 nitrogen and oxygen atoms in total. The highest BCUT2D eigenvalue weighted by Gasteiger charge is 2.55. The molecule has 2 saturated heterocycles. The average Bonchev–Trinajstić information content (AvgIpc) is 2.38. The molecule has 1 N–H and O–H groups in total. The molecule has 2 heterocycles. The lowest BCUT2D eigenvalue weighted by molar-refractivity contribution is 0.267. The molecule has 8 heavy (non-hydrogen) atoms. The van der Waals surface area contributed by atoms with Gasteiger partial charge in [0.25, 0.3) is 0 Å². The van der Waals surface area contributed by atoms with Crippen molar-refractivity contribution in [1.82, 2.24) is 4.90 Å².